The number of hydrogen-bond acceptors (Lipinski definition) is 6. The van der Waals surface area contributed by atoms with E-state index in [0.717, 1.165) is 22.4 Å². The number of fused-ring (bicyclic) bond motifs is 1. The van der Waals surface area contributed by atoms with Gasteiger partial charge < -0.3 is 14.2 Å². The highest BCUT2D eigenvalue weighted by molar-refractivity contribution is 9.10. The fourth-order valence-corrected chi connectivity index (χ4v) is 4.43. The van der Waals surface area contributed by atoms with Crippen LogP contribution in [0.1, 0.15) is 33.9 Å². The van der Waals surface area contributed by atoms with E-state index in [4.69, 9.17) is 19.6 Å². The molecule has 2 heterocycles. The maximum absolute atomic E-state index is 9.76. The molecule has 31 heavy (non-hydrogen) atoms. The number of nitriles is 1. The zero-order chi connectivity index (χ0) is 22.1. The second kappa shape index (κ2) is 8.44. The molecule has 0 saturated heterocycles. The van der Waals surface area contributed by atoms with Gasteiger partial charge in [-0.25, -0.2) is 0 Å². The van der Waals surface area contributed by atoms with Gasteiger partial charge in [-0.15, -0.1) is 5.10 Å². The molecular formula is C23H21BrN4O3. The summed E-state index contributed by atoms with van der Waals surface area (Å²) in [5, 5.41) is 25.0. The lowest BCUT2D eigenvalue weighted by molar-refractivity contribution is 0.282. The molecule has 2 unspecified atom stereocenters. The number of methoxy groups -OCH3 is 1. The zero-order valence-electron chi connectivity index (χ0n) is 17.3. The van der Waals surface area contributed by atoms with E-state index in [9.17, 15) is 5.26 Å². The largest absolute Gasteiger partial charge is 0.493 e. The SMILES string of the molecule is COc1cc(C2c3c(n[nH]c3C)OC(=N)C2C#N)cc(Br)c1OCc1cccc(C)c1. The van der Waals surface area contributed by atoms with Crippen molar-refractivity contribution >= 4 is 21.8 Å². The van der Waals surface area contributed by atoms with Crippen LogP contribution in [-0.4, -0.2) is 23.2 Å². The van der Waals surface area contributed by atoms with E-state index < -0.39 is 11.8 Å². The molecule has 4 rings (SSSR count). The number of nitrogens with one attached hydrogen (secondary N) is 2. The van der Waals surface area contributed by atoms with Gasteiger partial charge in [0.25, 0.3) is 0 Å². The Labute approximate surface area is 188 Å². The summed E-state index contributed by atoms with van der Waals surface area (Å²) in [5.74, 6) is 0.118. The summed E-state index contributed by atoms with van der Waals surface area (Å²) < 4.78 is 17.9. The molecule has 0 aliphatic carbocycles. The summed E-state index contributed by atoms with van der Waals surface area (Å²) >= 11 is 3.60. The van der Waals surface area contributed by atoms with Crippen LogP contribution in [-0.2, 0) is 6.61 Å². The lowest BCUT2D eigenvalue weighted by atomic mass is 9.79. The van der Waals surface area contributed by atoms with Crippen LogP contribution in [0.5, 0.6) is 17.4 Å². The third kappa shape index (κ3) is 3.89. The Kier molecular flexibility index (Phi) is 5.70. The highest BCUT2D eigenvalue weighted by Gasteiger charge is 2.40. The summed E-state index contributed by atoms with van der Waals surface area (Å²) in [6.07, 6.45) is 0. The number of halogens is 1. The number of aromatic nitrogens is 2. The molecule has 1 aliphatic heterocycles. The van der Waals surface area contributed by atoms with Gasteiger partial charge in [0.05, 0.1) is 17.7 Å². The molecular weight excluding hydrogens is 460 g/mol. The van der Waals surface area contributed by atoms with Gasteiger partial charge in [0.2, 0.25) is 11.8 Å². The fourth-order valence-electron chi connectivity index (χ4n) is 3.85. The van der Waals surface area contributed by atoms with Crippen molar-refractivity contribution in [3.8, 4) is 23.4 Å². The van der Waals surface area contributed by atoms with Crippen LogP contribution in [0.3, 0.4) is 0 Å². The van der Waals surface area contributed by atoms with Gasteiger partial charge in [0.15, 0.2) is 11.5 Å². The smallest absolute Gasteiger partial charge is 0.243 e. The van der Waals surface area contributed by atoms with E-state index in [0.29, 0.717) is 28.5 Å². The number of nitrogens with zero attached hydrogens (tertiary/aromatic N) is 2. The summed E-state index contributed by atoms with van der Waals surface area (Å²) in [5.41, 5.74) is 4.59. The molecule has 0 spiro atoms. The van der Waals surface area contributed by atoms with E-state index in [-0.39, 0.29) is 5.90 Å². The summed E-state index contributed by atoms with van der Waals surface area (Å²) in [7, 11) is 1.58. The van der Waals surface area contributed by atoms with Crippen LogP contribution < -0.4 is 14.2 Å². The summed E-state index contributed by atoms with van der Waals surface area (Å²) in [6.45, 7) is 4.30. The Morgan fingerprint density at radius 1 is 1.29 bits per heavy atom. The zero-order valence-corrected chi connectivity index (χ0v) is 18.9. The number of aromatic amines is 1. The maximum Gasteiger partial charge on any atom is 0.243 e. The standard InChI is InChI=1S/C23H21BrN4O3/c1-12-5-4-6-14(7-12)11-30-21-17(24)8-15(9-18(21)29-3)20-16(10-25)22(26)31-23-19(20)13(2)27-28-23/h4-9,16,20,26H,11H2,1-3H3,(H,27,28). The fraction of sp³-hybridized carbons (Fsp3) is 0.261. The predicted octanol–water partition coefficient (Wildman–Crippen LogP) is 5.02. The molecule has 8 heteroatoms. The van der Waals surface area contributed by atoms with E-state index in [2.05, 4.69) is 38.3 Å². The normalized spacial score (nSPS) is 17.5. The van der Waals surface area contributed by atoms with E-state index in [1.807, 2.05) is 44.2 Å². The lowest BCUT2D eigenvalue weighted by Gasteiger charge is -2.28. The minimum atomic E-state index is -0.778. The van der Waals surface area contributed by atoms with Crippen LogP contribution in [0.4, 0.5) is 0 Å². The first-order valence-electron chi connectivity index (χ1n) is 9.69. The molecule has 2 N–H and O–H groups in total. The molecule has 0 bridgehead atoms. The molecule has 0 saturated carbocycles. The second-order valence-electron chi connectivity index (χ2n) is 7.43. The van der Waals surface area contributed by atoms with Crippen LogP contribution in [0.2, 0.25) is 0 Å². The third-order valence-electron chi connectivity index (χ3n) is 5.31. The van der Waals surface area contributed by atoms with E-state index >= 15 is 0 Å². The molecule has 7 nitrogen and oxygen atoms in total. The molecule has 158 valence electrons. The van der Waals surface area contributed by atoms with Crippen LogP contribution in [0.25, 0.3) is 0 Å². The Balaban J connectivity index is 1.73. The van der Waals surface area contributed by atoms with Crippen molar-refractivity contribution in [1.82, 2.24) is 10.2 Å². The van der Waals surface area contributed by atoms with Crippen LogP contribution in [0, 0.1) is 36.5 Å². The number of H-pyrrole nitrogens is 1. The lowest BCUT2D eigenvalue weighted by Crippen LogP contribution is -2.31. The molecule has 2 aromatic carbocycles. The van der Waals surface area contributed by atoms with Crippen molar-refractivity contribution in [1.29, 1.82) is 10.7 Å². The minimum absolute atomic E-state index is 0.124. The number of hydrogen-bond donors (Lipinski definition) is 2. The van der Waals surface area contributed by atoms with Crippen molar-refractivity contribution in [2.24, 2.45) is 5.92 Å². The van der Waals surface area contributed by atoms with Gasteiger partial charge >= 0.3 is 0 Å². The Morgan fingerprint density at radius 2 is 2.10 bits per heavy atom. The monoisotopic (exact) mass is 480 g/mol. The van der Waals surface area contributed by atoms with Crippen LogP contribution in [0.15, 0.2) is 40.9 Å². The first kappa shape index (κ1) is 20.9. The Morgan fingerprint density at radius 3 is 2.81 bits per heavy atom. The minimum Gasteiger partial charge on any atom is -0.493 e. The highest BCUT2D eigenvalue weighted by atomic mass is 79.9. The first-order valence-corrected chi connectivity index (χ1v) is 10.5. The van der Waals surface area contributed by atoms with E-state index in [1.54, 1.807) is 7.11 Å². The number of aryl methyl sites for hydroxylation is 2. The molecule has 1 aromatic heterocycles. The third-order valence-corrected chi connectivity index (χ3v) is 5.90. The van der Waals surface area contributed by atoms with Crippen molar-refractivity contribution in [2.45, 2.75) is 26.4 Å². The Bertz CT molecular complexity index is 1200. The van der Waals surface area contributed by atoms with Gasteiger partial charge in [-0.05, 0) is 53.0 Å². The highest BCUT2D eigenvalue weighted by Crippen LogP contribution is 2.46. The maximum atomic E-state index is 9.76. The van der Waals surface area contributed by atoms with Gasteiger partial charge in [-0.1, -0.05) is 29.8 Å². The van der Waals surface area contributed by atoms with Crippen molar-refractivity contribution in [3.63, 3.8) is 0 Å². The molecule has 0 fully saturated rings. The number of rotatable bonds is 5. The second-order valence-corrected chi connectivity index (χ2v) is 8.28. The van der Waals surface area contributed by atoms with Gasteiger partial charge in [-0.3, -0.25) is 10.5 Å². The summed E-state index contributed by atoms with van der Waals surface area (Å²) in [4.78, 5) is 0. The van der Waals surface area contributed by atoms with E-state index in [1.165, 1.54) is 5.56 Å². The van der Waals surface area contributed by atoms with Gasteiger partial charge in [-0.2, -0.15) is 5.26 Å². The topological polar surface area (TPSA) is 104 Å². The Hall–Kier alpha value is -3.31. The molecule has 1 aliphatic rings. The van der Waals surface area contributed by atoms with Crippen molar-refractivity contribution < 1.29 is 14.2 Å². The molecule has 2 atom stereocenters. The van der Waals surface area contributed by atoms with Gasteiger partial charge in [0, 0.05) is 17.2 Å². The summed E-state index contributed by atoms with van der Waals surface area (Å²) in [6, 6.07) is 14.1. The molecule has 3 aromatic rings. The predicted molar refractivity (Wildman–Crippen MR) is 119 cm³/mol. The number of benzene rings is 2. The quantitative estimate of drug-likeness (QED) is 0.533. The number of ether oxygens (including phenoxy) is 3. The first-order chi connectivity index (χ1) is 14.9. The van der Waals surface area contributed by atoms with Crippen LogP contribution >= 0.6 is 15.9 Å². The molecule has 0 amide bonds. The van der Waals surface area contributed by atoms with Crippen molar-refractivity contribution in [2.75, 3.05) is 7.11 Å². The van der Waals surface area contributed by atoms with Gasteiger partial charge in [0.1, 0.15) is 12.5 Å². The average Bonchev–Trinajstić information content (AvgIpc) is 3.11. The average molecular weight is 481 g/mol. The van der Waals surface area contributed by atoms with Crippen molar-refractivity contribution in [3.05, 3.63) is 68.8 Å². The molecule has 0 radical (unpaired) electrons.